The fourth-order valence-corrected chi connectivity index (χ4v) is 2.06. The molecule has 0 aromatic heterocycles. The summed E-state index contributed by atoms with van der Waals surface area (Å²) < 4.78 is 0. The number of aryl methyl sites for hydroxylation is 1. The number of phenols is 1. The van der Waals surface area contributed by atoms with Crippen LogP contribution in [0.1, 0.15) is 28.8 Å². The van der Waals surface area contributed by atoms with E-state index in [1.165, 1.54) is 6.07 Å². The van der Waals surface area contributed by atoms with Crippen molar-refractivity contribution in [1.82, 2.24) is 5.32 Å². The van der Waals surface area contributed by atoms with Crippen molar-refractivity contribution in [1.29, 1.82) is 0 Å². The van der Waals surface area contributed by atoms with Gasteiger partial charge in [0.2, 0.25) is 0 Å². The van der Waals surface area contributed by atoms with Gasteiger partial charge in [-0.25, -0.2) is 0 Å². The highest BCUT2D eigenvalue weighted by atomic mass is 32.2. The number of nitrogens with one attached hydrogen (secondary N) is 1. The molecule has 0 heterocycles. The maximum atomic E-state index is 11.8. The number of carbonyl (C=O) groups excluding carboxylic acids is 1. The van der Waals surface area contributed by atoms with E-state index < -0.39 is 0 Å². The lowest BCUT2D eigenvalue weighted by Crippen LogP contribution is -2.25. The van der Waals surface area contributed by atoms with Gasteiger partial charge in [0, 0.05) is 12.1 Å². The van der Waals surface area contributed by atoms with E-state index in [4.69, 9.17) is 0 Å². The fourth-order valence-electron chi connectivity index (χ4n) is 1.57. The summed E-state index contributed by atoms with van der Waals surface area (Å²) in [4.78, 5) is 11.8. The summed E-state index contributed by atoms with van der Waals surface area (Å²) in [6.45, 7) is 2.53. The molecule has 0 atom stereocenters. The SMILES string of the molecule is CSCCCCNC(=O)c1ccc(O)cc1C. The lowest BCUT2D eigenvalue weighted by Gasteiger charge is -2.07. The van der Waals surface area contributed by atoms with Crippen molar-refractivity contribution >= 4 is 17.7 Å². The third-order valence-corrected chi connectivity index (χ3v) is 3.21. The Kier molecular flexibility index (Phi) is 5.91. The molecule has 0 radical (unpaired) electrons. The van der Waals surface area contributed by atoms with E-state index in [-0.39, 0.29) is 11.7 Å². The Bertz CT molecular complexity index is 380. The van der Waals surface area contributed by atoms with Gasteiger partial charge in [-0.05, 0) is 55.5 Å². The predicted octanol–water partition coefficient (Wildman–Crippen LogP) is 2.57. The maximum Gasteiger partial charge on any atom is 0.251 e. The van der Waals surface area contributed by atoms with Crippen LogP contribution >= 0.6 is 11.8 Å². The number of amides is 1. The number of hydrogen-bond acceptors (Lipinski definition) is 3. The van der Waals surface area contributed by atoms with Gasteiger partial charge in [-0.3, -0.25) is 4.79 Å². The number of unbranched alkanes of at least 4 members (excludes halogenated alkanes) is 1. The highest BCUT2D eigenvalue weighted by Gasteiger charge is 2.08. The molecule has 0 aliphatic carbocycles. The van der Waals surface area contributed by atoms with E-state index in [9.17, 15) is 9.90 Å². The van der Waals surface area contributed by atoms with Crippen molar-refractivity contribution < 1.29 is 9.90 Å². The Hall–Kier alpha value is -1.16. The molecule has 0 saturated heterocycles. The largest absolute Gasteiger partial charge is 0.508 e. The van der Waals surface area contributed by atoms with Crippen molar-refractivity contribution in [3.8, 4) is 5.75 Å². The molecule has 0 saturated carbocycles. The highest BCUT2D eigenvalue weighted by Crippen LogP contribution is 2.15. The monoisotopic (exact) mass is 253 g/mol. The summed E-state index contributed by atoms with van der Waals surface area (Å²) in [6, 6.07) is 4.79. The molecule has 3 nitrogen and oxygen atoms in total. The molecule has 0 aliphatic rings. The van der Waals surface area contributed by atoms with E-state index >= 15 is 0 Å². The molecular formula is C13H19NO2S. The number of carbonyl (C=O) groups is 1. The summed E-state index contributed by atoms with van der Waals surface area (Å²) in [5.74, 6) is 1.26. The molecule has 1 amide bonds. The molecule has 1 aromatic rings. The number of hydrogen-bond donors (Lipinski definition) is 2. The minimum atomic E-state index is -0.0633. The van der Waals surface area contributed by atoms with Crippen LogP contribution in [0.15, 0.2) is 18.2 Å². The first-order chi connectivity index (χ1) is 8.15. The number of phenolic OH excluding ortho intramolecular Hbond substituents is 1. The van der Waals surface area contributed by atoms with Crippen LogP contribution < -0.4 is 5.32 Å². The summed E-state index contributed by atoms with van der Waals surface area (Å²) >= 11 is 1.82. The topological polar surface area (TPSA) is 49.3 Å². The summed E-state index contributed by atoms with van der Waals surface area (Å²) in [5, 5.41) is 12.1. The zero-order valence-corrected chi connectivity index (χ0v) is 11.1. The van der Waals surface area contributed by atoms with Crippen LogP contribution in [0.4, 0.5) is 0 Å². The molecule has 0 fully saturated rings. The molecule has 94 valence electrons. The molecule has 17 heavy (non-hydrogen) atoms. The quantitative estimate of drug-likeness (QED) is 0.766. The van der Waals surface area contributed by atoms with E-state index in [2.05, 4.69) is 11.6 Å². The average Bonchev–Trinajstić information content (AvgIpc) is 2.28. The number of aromatic hydroxyl groups is 1. The summed E-state index contributed by atoms with van der Waals surface area (Å²) in [7, 11) is 0. The standard InChI is InChI=1S/C13H19NO2S/c1-10-9-11(15)5-6-12(10)13(16)14-7-3-4-8-17-2/h5-6,9,15H,3-4,7-8H2,1-2H3,(H,14,16). The number of benzene rings is 1. The third-order valence-electron chi connectivity index (χ3n) is 2.52. The molecular weight excluding hydrogens is 234 g/mol. The average molecular weight is 253 g/mol. The van der Waals surface area contributed by atoms with Crippen LogP contribution in [0.2, 0.25) is 0 Å². The van der Waals surface area contributed by atoms with E-state index in [0.717, 1.165) is 24.2 Å². The van der Waals surface area contributed by atoms with Gasteiger partial charge in [0.05, 0.1) is 0 Å². The van der Waals surface area contributed by atoms with Crippen molar-refractivity contribution in [2.75, 3.05) is 18.6 Å². The summed E-state index contributed by atoms with van der Waals surface area (Å²) in [6.07, 6.45) is 4.21. The van der Waals surface area contributed by atoms with Gasteiger partial charge in [-0.15, -0.1) is 0 Å². The van der Waals surface area contributed by atoms with Crippen molar-refractivity contribution in [2.45, 2.75) is 19.8 Å². The third kappa shape index (κ3) is 4.69. The molecule has 0 bridgehead atoms. The Morgan fingerprint density at radius 1 is 1.41 bits per heavy atom. The second-order valence-corrected chi connectivity index (χ2v) is 4.94. The molecule has 2 N–H and O–H groups in total. The summed E-state index contributed by atoms with van der Waals surface area (Å²) in [5.41, 5.74) is 1.43. The molecule has 0 aliphatic heterocycles. The van der Waals surface area contributed by atoms with Crippen LogP contribution in [0.3, 0.4) is 0 Å². The van der Waals surface area contributed by atoms with Crippen LogP contribution in [0.25, 0.3) is 0 Å². The molecule has 4 heteroatoms. The normalized spacial score (nSPS) is 10.2. The first-order valence-corrected chi connectivity index (χ1v) is 7.11. The van der Waals surface area contributed by atoms with Crippen LogP contribution in [-0.2, 0) is 0 Å². The second-order valence-electron chi connectivity index (χ2n) is 3.96. The number of thioether (sulfide) groups is 1. The van der Waals surface area contributed by atoms with Gasteiger partial charge in [0.1, 0.15) is 5.75 Å². The molecule has 0 spiro atoms. The van der Waals surface area contributed by atoms with Crippen molar-refractivity contribution in [3.63, 3.8) is 0 Å². The minimum Gasteiger partial charge on any atom is -0.508 e. The van der Waals surface area contributed by atoms with Crippen molar-refractivity contribution in [3.05, 3.63) is 29.3 Å². The van der Waals surface area contributed by atoms with Crippen LogP contribution in [0, 0.1) is 6.92 Å². The second kappa shape index (κ2) is 7.22. The Balaban J connectivity index is 2.42. The van der Waals surface area contributed by atoms with E-state index in [0.29, 0.717) is 12.1 Å². The lowest BCUT2D eigenvalue weighted by molar-refractivity contribution is 0.0952. The predicted molar refractivity (Wildman–Crippen MR) is 72.8 cm³/mol. The number of rotatable bonds is 6. The van der Waals surface area contributed by atoms with Gasteiger partial charge in [-0.2, -0.15) is 11.8 Å². The molecule has 0 unspecified atom stereocenters. The van der Waals surface area contributed by atoms with Crippen LogP contribution in [0.5, 0.6) is 5.75 Å². The van der Waals surface area contributed by atoms with E-state index in [1.807, 2.05) is 18.7 Å². The van der Waals surface area contributed by atoms with Gasteiger partial charge < -0.3 is 10.4 Å². The molecule has 1 rings (SSSR count). The Labute approximate surface area is 107 Å². The zero-order valence-electron chi connectivity index (χ0n) is 10.3. The van der Waals surface area contributed by atoms with Gasteiger partial charge in [0.15, 0.2) is 0 Å². The van der Waals surface area contributed by atoms with Gasteiger partial charge in [-0.1, -0.05) is 0 Å². The first-order valence-electron chi connectivity index (χ1n) is 5.72. The first kappa shape index (κ1) is 13.9. The highest BCUT2D eigenvalue weighted by molar-refractivity contribution is 7.98. The fraction of sp³-hybridized carbons (Fsp3) is 0.462. The Morgan fingerprint density at radius 2 is 2.18 bits per heavy atom. The minimum absolute atomic E-state index is 0.0633. The molecule has 1 aromatic carbocycles. The lowest BCUT2D eigenvalue weighted by atomic mass is 10.1. The smallest absolute Gasteiger partial charge is 0.251 e. The zero-order chi connectivity index (χ0) is 12.7. The van der Waals surface area contributed by atoms with E-state index in [1.54, 1.807) is 12.1 Å². The van der Waals surface area contributed by atoms with Gasteiger partial charge in [0.25, 0.3) is 5.91 Å². The Morgan fingerprint density at radius 3 is 2.82 bits per heavy atom. The maximum absolute atomic E-state index is 11.8. The van der Waals surface area contributed by atoms with Crippen molar-refractivity contribution in [2.24, 2.45) is 0 Å². The van der Waals surface area contributed by atoms with Crippen LogP contribution in [-0.4, -0.2) is 29.6 Å². The van der Waals surface area contributed by atoms with Gasteiger partial charge >= 0.3 is 0 Å².